The van der Waals surface area contributed by atoms with Gasteiger partial charge in [-0.1, -0.05) is 61.3 Å². The summed E-state index contributed by atoms with van der Waals surface area (Å²) >= 11 is 12.8. The van der Waals surface area contributed by atoms with Gasteiger partial charge in [0.2, 0.25) is 0 Å². The molecule has 37 heavy (non-hydrogen) atoms. The van der Waals surface area contributed by atoms with E-state index in [0.717, 1.165) is 24.8 Å². The van der Waals surface area contributed by atoms with Crippen LogP contribution in [0, 0.1) is 5.92 Å². The molecule has 2 aromatic carbocycles. The second-order valence-electron chi connectivity index (χ2n) is 9.79. The molecule has 1 aliphatic carbocycles. The van der Waals surface area contributed by atoms with Crippen LogP contribution in [0.1, 0.15) is 61.1 Å². The van der Waals surface area contributed by atoms with Crippen LogP contribution >= 0.6 is 23.2 Å². The van der Waals surface area contributed by atoms with Gasteiger partial charge in [-0.3, -0.25) is 4.79 Å². The van der Waals surface area contributed by atoms with Gasteiger partial charge in [-0.2, -0.15) is 0 Å². The van der Waals surface area contributed by atoms with Crippen LogP contribution in [0.4, 0.5) is 10.5 Å². The Morgan fingerprint density at radius 1 is 1.14 bits per heavy atom. The maximum atomic E-state index is 13.3. The smallest absolute Gasteiger partial charge is 0.333 e. The molecule has 0 spiro atoms. The summed E-state index contributed by atoms with van der Waals surface area (Å²) in [5, 5.41) is 11.8. The van der Waals surface area contributed by atoms with Gasteiger partial charge in [0.05, 0.1) is 41.0 Å². The number of methoxy groups -OCH3 is 1. The first kappa shape index (κ1) is 28.6. The predicted molar refractivity (Wildman–Crippen MR) is 146 cm³/mol. The van der Waals surface area contributed by atoms with Crippen molar-refractivity contribution in [2.45, 2.75) is 51.6 Å². The maximum Gasteiger partial charge on any atom is 0.333 e. The second-order valence-corrected chi connectivity index (χ2v) is 10.6. The molecule has 2 atom stereocenters. The van der Waals surface area contributed by atoms with Crippen molar-refractivity contribution in [1.82, 2.24) is 16.0 Å². The first-order chi connectivity index (χ1) is 17.6. The molecule has 0 bridgehead atoms. The number of benzene rings is 2. The van der Waals surface area contributed by atoms with Crippen molar-refractivity contribution in [1.29, 1.82) is 0 Å². The quantitative estimate of drug-likeness (QED) is 0.309. The van der Waals surface area contributed by atoms with Crippen molar-refractivity contribution in [3.05, 3.63) is 63.1 Å². The van der Waals surface area contributed by atoms with Crippen molar-refractivity contribution in [3.63, 3.8) is 0 Å². The number of hydrogen-bond donors (Lipinski definition) is 4. The molecule has 0 aliphatic heterocycles. The Morgan fingerprint density at radius 2 is 1.86 bits per heavy atom. The lowest BCUT2D eigenvalue weighted by Gasteiger charge is -2.29. The molecule has 10 heteroatoms. The Bertz CT molecular complexity index is 1160. The van der Waals surface area contributed by atoms with E-state index < -0.39 is 23.4 Å². The Kier molecular flexibility index (Phi) is 9.68. The number of amides is 3. The normalized spacial score (nSPS) is 15.9. The number of urea groups is 1. The van der Waals surface area contributed by atoms with E-state index in [1.165, 1.54) is 19.6 Å². The standard InChI is InChI=1S/C27H34Cl2N4O4/c1-16(2)13-14-30-21-12-10-19(28)22(23(21)29)24(34)33-27(3,25(35)37-4)15-31-26(36)32-20-11-9-17-7-5-6-8-18(17)20/h5-8,10,12,16,20,30H,9,11,13-15H2,1-4H3,(H,33,34)(H2,31,32,36)/t20-,27-/m1/s1. The summed E-state index contributed by atoms with van der Waals surface area (Å²) in [7, 11) is 1.21. The van der Waals surface area contributed by atoms with Gasteiger partial charge in [-0.25, -0.2) is 9.59 Å². The zero-order valence-electron chi connectivity index (χ0n) is 21.5. The average molecular weight is 549 g/mol. The Morgan fingerprint density at radius 3 is 2.57 bits per heavy atom. The van der Waals surface area contributed by atoms with E-state index in [-0.39, 0.29) is 28.2 Å². The third-order valence-corrected chi connectivity index (χ3v) is 7.13. The first-order valence-corrected chi connectivity index (χ1v) is 13.1. The molecule has 0 unspecified atom stereocenters. The van der Waals surface area contributed by atoms with E-state index in [0.29, 0.717) is 18.2 Å². The monoisotopic (exact) mass is 548 g/mol. The summed E-state index contributed by atoms with van der Waals surface area (Å²) in [6.07, 6.45) is 2.58. The summed E-state index contributed by atoms with van der Waals surface area (Å²) in [4.78, 5) is 38.6. The van der Waals surface area contributed by atoms with Crippen LogP contribution in [0.3, 0.4) is 0 Å². The number of esters is 1. The number of rotatable bonds is 10. The Hall–Kier alpha value is -2.97. The van der Waals surface area contributed by atoms with Gasteiger partial charge < -0.3 is 26.0 Å². The molecular weight excluding hydrogens is 515 g/mol. The minimum absolute atomic E-state index is 0.0278. The molecule has 3 amide bonds. The van der Waals surface area contributed by atoms with Crippen molar-refractivity contribution < 1.29 is 19.1 Å². The van der Waals surface area contributed by atoms with Gasteiger partial charge in [0.15, 0.2) is 5.54 Å². The summed E-state index contributed by atoms with van der Waals surface area (Å²) in [6, 6.07) is 10.6. The van der Waals surface area contributed by atoms with Gasteiger partial charge in [0.25, 0.3) is 5.91 Å². The molecule has 8 nitrogen and oxygen atoms in total. The van der Waals surface area contributed by atoms with Gasteiger partial charge in [0, 0.05) is 6.54 Å². The van der Waals surface area contributed by atoms with E-state index in [1.807, 2.05) is 24.3 Å². The third-order valence-electron chi connectivity index (χ3n) is 6.42. The number of nitrogens with one attached hydrogen (secondary N) is 4. The molecule has 3 rings (SSSR count). The highest BCUT2D eigenvalue weighted by atomic mass is 35.5. The average Bonchev–Trinajstić information content (AvgIpc) is 3.26. The highest BCUT2D eigenvalue weighted by Crippen LogP contribution is 2.33. The lowest BCUT2D eigenvalue weighted by atomic mass is 10.0. The molecule has 1 aliphatic rings. The van der Waals surface area contributed by atoms with Crippen LogP contribution in [0.2, 0.25) is 10.0 Å². The lowest BCUT2D eigenvalue weighted by molar-refractivity contribution is -0.147. The van der Waals surface area contributed by atoms with Gasteiger partial charge in [-0.15, -0.1) is 0 Å². The van der Waals surface area contributed by atoms with Crippen LogP contribution in [0.25, 0.3) is 0 Å². The van der Waals surface area contributed by atoms with E-state index in [2.05, 4.69) is 35.1 Å². The molecule has 2 aromatic rings. The topological polar surface area (TPSA) is 109 Å². The minimum Gasteiger partial charge on any atom is -0.467 e. The van der Waals surface area contributed by atoms with E-state index in [9.17, 15) is 14.4 Å². The van der Waals surface area contributed by atoms with E-state index in [4.69, 9.17) is 27.9 Å². The summed E-state index contributed by atoms with van der Waals surface area (Å²) < 4.78 is 4.92. The van der Waals surface area contributed by atoms with Gasteiger partial charge >= 0.3 is 12.0 Å². The predicted octanol–water partition coefficient (Wildman–Crippen LogP) is 5.10. The third kappa shape index (κ3) is 7.08. The van der Waals surface area contributed by atoms with Crippen LogP contribution in [-0.4, -0.2) is 43.6 Å². The van der Waals surface area contributed by atoms with Gasteiger partial charge in [0.1, 0.15) is 0 Å². The first-order valence-electron chi connectivity index (χ1n) is 12.3. The van der Waals surface area contributed by atoms with Crippen LogP contribution in [0.15, 0.2) is 36.4 Å². The number of anilines is 1. The maximum absolute atomic E-state index is 13.3. The zero-order valence-corrected chi connectivity index (χ0v) is 23.1. The molecule has 0 radical (unpaired) electrons. The number of aryl methyl sites for hydroxylation is 1. The van der Waals surface area contributed by atoms with Crippen molar-refractivity contribution >= 4 is 46.8 Å². The highest BCUT2D eigenvalue weighted by Gasteiger charge is 2.38. The molecular formula is C27H34Cl2N4O4. The van der Waals surface area contributed by atoms with Crippen LogP contribution in [0.5, 0.6) is 0 Å². The van der Waals surface area contributed by atoms with Crippen LogP contribution in [-0.2, 0) is 16.0 Å². The minimum atomic E-state index is -1.58. The fourth-order valence-electron chi connectivity index (χ4n) is 4.27. The molecule has 4 N–H and O–H groups in total. The van der Waals surface area contributed by atoms with E-state index in [1.54, 1.807) is 12.1 Å². The fourth-order valence-corrected chi connectivity index (χ4v) is 4.88. The number of carbonyl (C=O) groups is 3. The Labute approximate surface area is 227 Å². The number of hydrogen-bond acceptors (Lipinski definition) is 5. The number of fused-ring (bicyclic) bond motifs is 1. The van der Waals surface area contributed by atoms with Crippen LogP contribution < -0.4 is 21.3 Å². The molecule has 200 valence electrons. The fraction of sp³-hybridized carbons (Fsp3) is 0.444. The molecule has 0 saturated carbocycles. The number of ether oxygens (including phenoxy) is 1. The van der Waals surface area contributed by atoms with E-state index >= 15 is 0 Å². The highest BCUT2D eigenvalue weighted by molar-refractivity contribution is 6.41. The molecule has 0 saturated heterocycles. The number of carbonyl (C=O) groups excluding carboxylic acids is 3. The second kappa shape index (κ2) is 12.5. The molecule has 0 heterocycles. The molecule has 0 aromatic heterocycles. The summed E-state index contributed by atoms with van der Waals surface area (Å²) in [6.45, 7) is 6.14. The summed E-state index contributed by atoms with van der Waals surface area (Å²) in [5.74, 6) is -0.900. The van der Waals surface area contributed by atoms with Crippen molar-refractivity contribution in [2.75, 3.05) is 25.5 Å². The number of halogens is 2. The Balaban J connectivity index is 1.70. The lowest BCUT2D eigenvalue weighted by Crippen LogP contribution is -2.60. The van der Waals surface area contributed by atoms with Crippen molar-refractivity contribution in [3.8, 4) is 0 Å². The summed E-state index contributed by atoms with van der Waals surface area (Å²) in [5.41, 5.74) is 1.29. The molecule has 0 fully saturated rings. The van der Waals surface area contributed by atoms with Gasteiger partial charge in [-0.05, 0) is 55.4 Å². The largest absolute Gasteiger partial charge is 0.467 e. The zero-order chi connectivity index (χ0) is 27.2. The SMILES string of the molecule is COC(=O)[C@@](C)(CNC(=O)N[C@@H]1CCc2ccccc21)NC(=O)c1c(Cl)ccc(NCCC(C)C)c1Cl. The van der Waals surface area contributed by atoms with Crippen molar-refractivity contribution in [2.24, 2.45) is 5.92 Å².